The van der Waals surface area contributed by atoms with Crippen molar-refractivity contribution in [3.63, 3.8) is 0 Å². The summed E-state index contributed by atoms with van der Waals surface area (Å²) in [5, 5.41) is 11.8. The third kappa shape index (κ3) is 2.90. The van der Waals surface area contributed by atoms with Gasteiger partial charge in [0.05, 0.1) is 0 Å². The zero-order valence-electron chi connectivity index (χ0n) is 11.0. The lowest BCUT2D eigenvalue weighted by atomic mass is 10.3. The van der Waals surface area contributed by atoms with Gasteiger partial charge in [-0.15, -0.1) is 10.2 Å². The molecule has 3 heterocycles. The predicted molar refractivity (Wildman–Crippen MR) is 81.9 cm³/mol. The van der Waals surface area contributed by atoms with Crippen LogP contribution in [-0.4, -0.2) is 38.8 Å². The third-order valence-electron chi connectivity index (χ3n) is 2.99. The lowest BCUT2D eigenvalue weighted by Gasteiger charge is -2.33. The molecule has 0 spiro atoms. The summed E-state index contributed by atoms with van der Waals surface area (Å²) in [5.41, 5.74) is 0.902. The van der Waals surface area contributed by atoms with Gasteiger partial charge in [-0.25, -0.2) is 0 Å². The molecule has 0 aromatic carbocycles. The Morgan fingerprint density at radius 1 is 1.16 bits per heavy atom. The number of thioether (sulfide) groups is 1. The highest BCUT2D eigenvalue weighted by Crippen LogP contribution is 2.32. The highest BCUT2D eigenvalue weighted by molar-refractivity contribution is 8.00. The zero-order chi connectivity index (χ0) is 13.2. The van der Waals surface area contributed by atoms with Crippen LogP contribution in [0.1, 0.15) is 13.8 Å². The highest BCUT2D eigenvalue weighted by atomic mass is 32.2. The quantitative estimate of drug-likeness (QED) is 0.851. The van der Waals surface area contributed by atoms with Crippen LogP contribution in [0.3, 0.4) is 0 Å². The average molecular weight is 292 g/mol. The molecule has 2 aromatic rings. The van der Waals surface area contributed by atoms with E-state index in [1.54, 1.807) is 17.5 Å². The summed E-state index contributed by atoms with van der Waals surface area (Å²) in [5.74, 6) is 0. The first-order chi connectivity index (χ1) is 9.22. The van der Waals surface area contributed by atoms with Crippen molar-refractivity contribution >= 4 is 28.2 Å². The van der Waals surface area contributed by atoms with Crippen molar-refractivity contribution in [2.24, 2.45) is 0 Å². The van der Waals surface area contributed by atoms with Gasteiger partial charge in [-0.05, 0) is 12.1 Å². The van der Waals surface area contributed by atoms with Crippen LogP contribution in [0.2, 0.25) is 0 Å². The average Bonchev–Trinajstić information content (AvgIpc) is 2.88. The van der Waals surface area contributed by atoms with Gasteiger partial charge in [0.2, 0.25) is 5.13 Å². The van der Waals surface area contributed by atoms with E-state index in [4.69, 9.17) is 0 Å². The molecule has 0 aliphatic carbocycles. The molecular formula is C13H16N4S2. The van der Waals surface area contributed by atoms with Crippen LogP contribution in [0.25, 0.3) is 10.7 Å². The highest BCUT2D eigenvalue weighted by Gasteiger charge is 2.25. The minimum atomic E-state index is 0.644. The Morgan fingerprint density at radius 3 is 2.63 bits per heavy atom. The summed E-state index contributed by atoms with van der Waals surface area (Å²) < 4.78 is 0. The Balaban J connectivity index is 1.81. The van der Waals surface area contributed by atoms with Gasteiger partial charge >= 0.3 is 0 Å². The number of aromatic nitrogens is 3. The van der Waals surface area contributed by atoms with Crippen molar-refractivity contribution in [3.8, 4) is 10.7 Å². The van der Waals surface area contributed by atoms with Gasteiger partial charge in [0, 0.05) is 29.8 Å². The van der Waals surface area contributed by atoms with E-state index in [9.17, 15) is 0 Å². The molecule has 1 fully saturated rings. The van der Waals surface area contributed by atoms with E-state index in [1.165, 1.54) is 0 Å². The van der Waals surface area contributed by atoms with Crippen LogP contribution in [0.5, 0.6) is 0 Å². The topological polar surface area (TPSA) is 41.9 Å². The maximum atomic E-state index is 4.33. The maximum Gasteiger partial charge on any atom is 0.208 e. The second kappa shape index (κ2) is 5.46. The van der Waals surface area contributed by atoms with Crippen LogP contribution in [-0.2, 0) is 0 Å². The number of nitrogens with zero attached hydrogens (tertiary/aromatic N) is 4. The largest absolute Gasteiger partial charge is 0.344 e. The van der Waals surface area contributed by atoms with Crippen LogP contribution in [0.15, 0.2) is 24.4 Å². The lowest BCUT2D eigenvalue weighted by molar-refractivity contribution is 0.721. The second-order valence-electron chi connectivity index (χ2n) is 4.77. The van der Waals surface area contributed by atoms with Crippen molar-refractivity contribution in [2.75, 3.05) is 18.0 Å². The monoisotopic (exact) mass is 292 g/mol. The van der Waals surface area contributed by atoms with Gasteiger partial charge in [0.25, 0.3) is 0 Å². The normalized spacial score (nSPS) is 23.6. The van der Waals surface area contributed by atoms with E-state index in [2.05, 4.69) is 33.9 Å². The SMILES string of the molecule is C[C@@H]1CN(c2nnc(-c3ccccn3)s2)C[C@H](C)S1. The molecule has 4 nitrogen and oxygen atoms in total. The molecular weight excluding hydrogens is 276 g/mol. The molecule has 100 valence electrons. The van der Waals surface area contributed by atoms with Crippen LogP contribution in [0.4, 0.5) is 5.13 Å². The smallest absolute Gasteiger partial charge is 0.208 e. The number of rotatable bonds is 2. The molecule has 0 unspecified atom stereocenters. The Morgan fingerprint density at radius 2 is 1.95 bits per heavy atom. The van der Waals surface area contributed by atoms with Gasteiger partial charge in [0.15, 0.2) is 5.01 Å². The van der Waals surface area contributed by atoms with Crippen molar-refractivity contribution < 1.29 is 0 Å². The molecule has 1 aliphatic heterocycles. The summed E-state index contributed by atoms with van der Waals surface area (Å²) in [7, 11) is 0. The van der Waals surface area contributed by atoms with Crippen molar-refractivity contribution in [2.45, 2.75) is 24.3 Å². The molecule has 0 N–H and O–H groups in total. The lowest BCUT2D eigenvalue weighted by Crippen LogP contribution is -2.40. The Kier molecular flexibility index (Phi) is 3.70. The van der Waals surface area contributed by atoms with Gasteiger partial charge in [-0.3, -0.25) is 4.98 Å². The molecule has 2 atom stereocenters. The molecule has 1 saturated heterocycles. The molecule has 2 aromatic heterocycles. The van der Waals surface area contributed by atoms with Crippen molar-refractivity contribution in [1.29, 1.82) is 0 Å². The number of hydrogen-bond acceptors (Lipinski definition) is 6. The van der Waals surface area contributed by atoms with E-state index in [-0.39, 0.29) is 0 Å². The Labute approximate surface area is 121 Å². The summed E-state index contributed by atoms with van der Waals surface area (Å²) in [4.78, 5) is 6.67. The predicted octanol–water partition coefficient (Wildman–Crippen LogP) is 2.93. The van der Waals surface area contributed by atoms with Crippen LogP contribution >= 0.6 is 23.1 Å². The van der Waals surface area contributed by atoms with E-state index >= 15 is 0 Å². The minimum Gasteiger partial charge on any atom is -0.344 e. The summed E-state index contributed by atoms with van der Waals surface area (Å²) in [6.07, 6.45) is 1.79. The Bertz CT molecular complexity index is 533. The first kappa shape index (κ1) is 12.9. The summed E-state index contributed by atoms with van der Waals surface area (Å²) >= 11 is 3.67. The molecule has 3 rings (SSSR count). The fourth-order valence-electron chi connectivity index (χ4n) is 2.27. The zero-order valence-corrected chi connectivity index (χ0v) is 12.6. The van der Waals surface area contributed by atoms with E-state index < -0.39 is 0 Å². The fraction of sp³-hybridized carbons (Fsp3) is 0.462. The molecule has 6 heteroatoms. The van der Waals surface area contributed by atoms with Crippen LogP contribution in [0, 0.1) is 0 Å². The van der Waals surface area contributed by atoms with Gasteiger partial charge < -0.3 is 4.90 Å². The number of anilines is 1. The summed E-state index contributed by atoms with van der Waals surface area (Å²) in [6.45, 7) is 6.64. The van der Waals surface area contributed by atoms with E-state index in [0.29, 0.717) is 10.5 Å². The van der Waals surface area contributed by atoms with Crippen molar-refractivity contribution in [1.82, 2.24) is 15.2 Å². The molecule has 19 heavy (non-hydrogen) atoms. The van der Waals surface area contributed by atoms with Gasteiger partial charge in [-0.2, -0.15) is 11.8 Å². The minimum absolute atomic E-state index is 0.644. The first-order valence-electron chi connectivity index (χ1n) is 6.37. The second-order valence-corrected chi connectivity index (χ2v) is 7.60. The fourth-order valence-corrected chi connectivity index (χ4v) is 4.44. The van der Waals surface area contributed by atoms with Gasteiger partial charge in [0.1, 0.15) is 5.69 Å². The molecule has 0 radical (unpaired) electrons. The molecule has 0 saturated carbocycles. The van der Waals surface area contributed by atoms with E-state index in [1.807, 2.05) is 30.0 Å². The third-order valence-corrected chi connectivity index (χ3v) is 5.22. The summed E-state index contributed by atoms with van der Waals surface area (Å²) in [6, 6.07) is 5.86. The number of hydrogen-bond donors (Lipinski definition) is 0. The molecule has 0 bridgehead atoms. The molecule has 0 amide bonds. The van der Waals surface area contributed by atoms with Gasteiger partial charge in [-0.1, -0.05) is 31.3 Å². The van der Waals surface area contributed by atoms with Crippen molar-refractivity contribution in [3.05, 3.63) is 24.4 Å². The maximum absolute atomic E-state index is 4.33. The standard InChI is InChI=1S/C13H16N4S2/c1-9-7-17(8-10(2)18-9)13-16-15-12(19-13)11-5-3-4-6-14-11/h3-6,9-10H,7-8H2,1-2H3/t9-,10+. The van der Waals surface area contributed by atoms with E-state index in [0.717, 1.165) is 28.9 Å². The molecule has 1 aliphatic rings. The van der Waals surface area contributed by atoms with Crippen LogP contribution < -0.4 is 4.90 Å². The Hall–Kier alpha value is -1.14. The first-order valence-corrected chi connectivity index (χ1v) is 8.13. The number of pyridine rings is 1.